The molecule has 0 saturated heterocycles. The summed E-state index contributed by atoms with van der Waals surface area (Å²) in [5, 5.41) is 2.46. The lowest BCUT2D eigenvalue weighted by Crippen LogP contribution is -2.18. The molecule has 0 fully saturated rings. The predicted molar refractivity (Wildman–Crippen MR) is 36.5 cm³/mol. The number of hydrogen-bond acceptors (Lipinski definition) is 2. The van der Waals surface area contributed by atoms with Gasteiger partial charge in [0, 0.05) is 7.05 Å². The van der Waals surface area contributed by atoms with Gasteiger partial charge in [0.1, 0.15) is 5.69 Å². The van der Waals surface area contributed by atoms with Crippen LogP contribution in [0, 0.1) is 6.20 Å². The summed E-state index contributed by atoms with van der Waals surface area (Å²) in [5.41, 5.74) is 0.394. The zero-order valence-electron chi connectivity index (χ0n) is 5.59. The van der Waals surface area contributed by atoms with Gasteiger partial charge < -0.3 is 5.32 Å². The molecule has 1 aromatic heterocycles. The highest BCUT2D eigenvalue weighted by Crippen LogP contribution is 1.90. The Morgan fingerprint density at radius 2 is 2.60 bits per heavy atom. The normalized spacial score (nSPS) is 8.90. The molecule has 3 heteroatoms. The second-order valence-corrected chi connectivity index (χ2v) is 1.73. The van der Waals surface area contributed by atoms with Crippen molar-refractivity contribution in [3.8, 4) is 0 Å². The van der Waals surface area contributed by atoms with Crippen molar-refractivity contribution < 1.29 is 4.79 Å². The monoisotopic (exact) mass is 135 g/mol. The Bertz CT molecular complexity index is 220. The molecule has 1 amide bonds. The SMILES string of the molecule is CNC(=O)c1ccc[c]n1. The predicted octanol–water partition coefficient (Wildman–Crippen LogP) is 0.241. The van der Waals surface area contributed by atoms with Gasteiger partial charge >= 0.3 is 0 Å². The number of pyridine rings is 1. The molecular formula is C7H7N2O. The van der Waals surface area contributed by atoms with Crippen molar-refractivity contribution in [3.05, 3.63) is 30.1 Å². The third kappa shape index (κ3) is 1.31. The maximum atomic E-state index is 10.8. The van der Waals surface area contributed by atoms with Crippen LogP contribution in [0.25, 0.3) is 0 Å². The van der Waals surface area contributed by atoms with Gasteiger partial charge in [-0.3, -0.25) is 4.79 Å². The van der Waals surface area contributed by atoms with E-state index >= 15 is 0 Å². The molecule has 1 radical (unpaired) electrons. The van der Waals surface area contributed by atoms with Crippen LogP contribution in [0.15, 0.2) is 18.2 Å². The number of rotatable bonds is 1. The van der Waals surface area contributed by atoms with E-state index in [4.69, 9.17) is 0 Å². The summed E-state index contributed by atoms with van der Waals surface area (Å²) in [6, 6.07) is 5.00. The van der Waals surface area contributed by atoms with Crippen molar-refractivity contribution in [2.45, 2.75) is 0 Å². The van der Waals surface area contributed by atoms with Crippen LogP contribution in [0.5, 0.6) is 0 Å². The minimum Gasteiger partial charge on any atom is -0.354 e. The number of hydrogen-bond donors (Lipinski definition) is 1. The van der Waals surface area contributed by atoms with E-state index in [-0.39, 0.29) is 5.91 Å². The minimum atomic E-state index is -0.183. The van der Waals surface area contributed by atoms with E-state index < -0.39 is 0 Å². The second-order valence-electron chi connectivity index (χ2n) is 1.73. The van der Waals surface area contributed by atoms with Gasteiger partial charge in [-0.2, -0.15) is 0 Å². The lowest BCUT2D eigenvalue weighted by Gasteiger charge is -1.94. The Morgan fingerprint density at radius 1 is 1.80 bits per heavy atom. The molecule has 1 heterocycles. The summed E-state index contributed by atoms with van der Waals surface area (Å²) in [6.45, 7) is 0. The maximum absolute atomic E-state index is 10.8. The van der Waals surface area contributed by atoms with Crippen LogP contribution in [-0.4, -0.2) is 17.9 Å². The van der Waals surface area contributed by atoms with Gasteiger partial charge in [-0.15, -0.1) is 0 Å². The molecule has 0 unspecified atom stereocenters. The fourth-order valence-electron chi connectivity index (χ4n) is 0.581. The molecule has 1 rings (SSSR count). The number of carbonyl (C=O) groups is 1. The molecule has 1 N–H and O–H groups in total. The summed E-state index contributed by atoms with van der Waals surface area (Å²) in [6.07, 6.45) is 2.57. The van der Waals surface area contributed by atoms with Gasteiger partial charge in [0.05, 0.1) is 6.20 Å². The van der Waals surface area contributed by atoms with E-state index in [0.717, 1.165) is 0 Å². The molecule has 51 valence electrons. The Hall–Kier alpha value is -1.38. The molecule has 0 atom stereocenters. The quantitative estimate of drug-likeness (QED) is 0.599. The number of amides is 1. The van der Waals surface area contributed by atoms with Crippen molar-refractivity contribution >= 4 is 5.91 Å². The highest BCUT2D eigenvalue weighted by Gasteiger charge is 2.00. The van der Waals surface area contributed by atoms with E-state index in [1.807, 2.05) is 0 Å². The minimum absolute atomic E-state index is 0.183. The zero-order chi connectivity index (χ0) is 7.40. The van der Waals surface area contributed by atoms with Crippen LogP contribution in [-0.2, 0) is 0 Å². The molecule has 0 aliphatic heterocycles. The van der Waals surface area contributed by atoms with Crippen molar-refractivity contribution in [1.82, 2.24) is 10.3 Å². The number of aromatic nitrogens is 1. The molecule has 0 aliphatic carbocycles. The Kier molecular flexibility index (Phi) is 1.99. The first-order valence-electron chi connectivity index (χ1n) is 2.90. The van der Waals surface area contributed by atoms with E-state index in [2.05, 4.69) is 16.5 Å². The maximum Gasteiger partial charge on any atom is 0.269 e. The van der Waals surface area contributed by atoms with Gasteiger partial charge in [-0.25, -0.2) is 4.98 Å². The van der Waals surface area contributed by atoms with E-state index in [1.165, 1.54) is 0 Å². The van der Waals surface area contributed by atoms with Crippen molar-refractivity contribution in [2.75, 3.05) is 7.05 Å². The molecule has 0 aliphatic rings. The van der Waals surface area contributed by atoms with E-state index in [1.54, 1.807) is 25.2 Å². The molecule has 0 bridgehead atoms. The van der Waals surface area contributed by atoms with Crippen LogP contribution in [0.4, 0.5) is 0 Å². The highest BCUT2D eigenvalue weighted by atomic mass is 16.1. The lowest BCUT2D eigenvalue weighted by molar-refractivity contribution is 0.0958. The lowest BCUT2D eigenvalue weighted by atomic mass is 10.3. The molecule has 1 aromatic rings. The summed E-state index contributed by atoms with van der Waals surface area (Å²) >= 11 is 0. The molecule has 0 spiro atoms. The van der Waals surface area contributed by atoms with E-state index in [0.29, 0.717) is 5.69 Å². The molecule has 3 nitrogen and oxygen atoms in total. The molecule has 0 saturated carbocycles. The van der Waals surface area contributed by atoms with Crippen molar-refractivity contribution in [2.24, 2.45) is 0 Å². The van der Waals surface area contributed by atoms with Gasteiger partial charge in [-0.1, -0.05) is 6.07 Å². The average molecular weight is 135 g/mol. The Labute approximate surface area is 59.1 Å². The fourth-order valence-corrected chi connectivity index (χ4v) is 0.581. The summed E-state index contributed by atoms with van der Waals surface area (Å²) in [5.74, 6) is -0.183. The molecular weight excluding hydrogens is 128 g/mol. The number of carbonyl (C=O) groups excluding carboxylic acids is 1. The smallest absolute Gasteiger partial charge is 0.269 e. The third-order valence-electron chi connectivity index (χ3n) is 1.07. The Balaban J connectivity index is 2.85. The first-order valence-corrected chi connectivity index (χ1v) is 2.90. The fraction of sp³-hybridized carbons (Fsp3) is 0.143. The summed E-state index contributed by atoms with van der Waals surface area (Å²) < 4.78 is 0. The van der Waals surface area contributed by atoms with Crippen LogP contribution in [0.3, 0.4) is 0 Å². The van der Waals surface area contributed by atoms with E-state index in [9.17, 15) is 4.79 Å². The second kappa shape index (κ2) is 2.96. The van der Waals surface area contributed by atoms with Crippen molar-refractivity contribution in [1.29, 1.82) is 0 Å². The summed E-state index contributed by atoms with van der Waals surface area (Å²) in [7, 11) is 1.57. The summed E-state index contributed by atoms with van der Waals surface area (Å²) in [4.78, 5) is 14.5. The number of nitrogens with zero attached hydrogens (tertiary/aromatic N) is 1. The zero-order valence-corrected chi connectivity index (χ0v) is 5.59. The van der Waals surface area contributed by atoms with Gasteiger partial charge in [0.15, 0.2) is 0 Å². The van der Waals surface area contributed by atoms with Crippen molar-refractivity contribution in [3.63, 3.8) is 0 Å². The van der Waals surface area contributed by atoms with Crippen LogP contribution < -0.4 is 5.32 Å². The van der Waals surface area contributed by atoms with Gasteiger partial charge in [-0.05, 0) is 12.1 Å². The molecule has 0 aromatic carbocycles. The highest BCUT2D eigenvalue weighted by molar-refractivity contribution is 5.91. The average Bonchev–Trinajstić information content (AvgIpc) is 2.05. The van der Waals surface area contributed by atoms with Crippen LogP contribution >= 0.6 is 0 Å². The largest absolute Gasteiger partial charge is 0.354 e. The van der Waals surface area contributed by atoms with Gasteiger partial charge in [0.25, 0.3) is 5.91 Å². The first-order chi connectivity index (χ1) is 4.84. The van der Waals surface area contributed by atoms with Crippen LogP contribution in [0.1, 0.15) is 10.5 Å². The number of nitrogens with one attached hydrogen (secondary N) is 1. The topological polar surface area (TPSA) is 42.0 Å². The Morgan fingerprint density at radius 3 is 3.10 bits per heavy atom. The van der Waals surface area contributed by atoms with Crippen LogP contribution in [0.2, 0.25) is 0 Å². The first kappa shape index (κ1) is 6.74. The third-order valence-corrected chi connectivity index (χ3v) is 1.07. The van der Waals surface area contributed by atoms with Gasteiger partial charge in [0.2, 0.25) is 0 Å². The standard InChI is InChI=1S/C7H7N2O/c1-8-7(10)6-4-2-3-5-9-6/h2-4H,1H3,(H,8,10). The molecule has 10 heavy (non-hydrogen) atoms.